The Morgan fingerprint density at radius 3 is 2.26 bits per heavy atom. The molecule has 0 aliphatic heterocycles. The van der Waals surface area contributed by atoms with Crippen LogP contribution < -0.4 is 10.5 Å². The Morgan fingerprint density at radius 2 is 1.79 bits per heavy atom. The van der Waals surface area contributed by atoms with Crippen molar-refractivity contribution in [3.63, 3.8) is 0 Å². The van der Waals surface area contributed by atoms with Gasteiger partial charge in [-0.3, -0.25) is 0 Å². The average Bonchev–Trinajstić information content (AvgIpc) is 2.34. The molecule has 19 heavy (non-hydrogen) atoms. The second-order valence-electron chi connectivity index (χ2n) is 6.57. The van der Waals surface area contributed by atoms with Gasteiger partial charge in [0.25, 0.3) is 0 Å². The van der Waals surface area contributed by atoms with Crippen molar-refractivity contribution in [1.82, 2.24) is 5.32 Å². The number of sulfonamides is 1. The minimum atomic E-state index is -3.30. The summed E-state index contributed by atoms with van der Waals surface area (Å²) in [5, 5.41) is 8.44. The first-order valence-electron chi connectivity index (χ1n) is 7.48. The molecule has 0 aromatic rings. The van der Waals surface area contributed by atoms with E-state index in [2.05, 4.69) is 26.1 Å². The Bertz CT molecular complexity index is 358. The van der Waals surface area contributed by atoms with Gasteiger partial charge in [0, 0.05) is 6.04 Å². The van der Waals surface area contributed by atoms with Crippen molar-refractivity contribution in [2.45, 2.75) is 65.3 Å². The Balaban J connectivity index is 2.20. The normalized spacial score (nSPS) is 25.5. The van der Waals surface area contributed by atoms with E-state index in [4.69, 9.17) is 5.14 Å². The summed E-state index contributed by atoms with van der Waals surface area (Å²) in [4.78, 5) is 0. The first kappa shape index (κ1) is 16.9. The lowest BCUT2D eigenvalue weighted by molar-refractivity contribution is 0.137. The SMILES string of the molecule is CCC(C)(C)C1CCC(NCCCS(N)(=O)=O)CC1. The highest BCUT2D eigenvalue weighted by Gasteiger charge is 2.31. The molecule has 1 aliphatic carbocycles. The molecule has 0 amide bonds. The Labute approximate surface area is 118 Å². The summed E-state index contributed by atoms with van der Waals surface area (Å²) in [6.07, 6.45) is 6.84. The van der Waals surface area contributed by atoms with Gasteiger partial charge in [-0.25, -0.2) is 13.6 Å². The molecule has 1 rings (SSSR count). The number of primary sulfonamides is 1. The second-order valence-corrected chi connectivity index (χ2v) is 8.30. The molecule has 1 aliphatic rings. The van der Waals surface area contributed by atoms with E-state index in [0.717, 1.165) is 12.5 Å². The minimum absolute atomic E-state index is 0.0816. The quantitative estimate of drug-likeness (QED) is 0.706. The van der Waals surface area contributed by atoms with Crippen LogP contribution in [0, 0.1) is 11.3 Å². The third-order valence-electron chi connectivity index (χ3n) is 4.78. The number of hydrogen-bond donors (Lipinski definition) is 2. The average molecular weight is 290 g/mol. The van der Waals surface area contributed by atoms with Gasteiger partial charge in [-0.2, -0.15) is 0 Å². The molecule has 0 saturated heterocycles. The van der Waals surface area contributed by atoms with Crippen LogP contribution in [-0.4, -0.2) is 26.8 Å². The van der Waals surface area contributed by atoms with Gasteiger partial charge < -0.3 is 5.32 Å². The highest BCUT2D eigenvalue weighted by molar-refractivity contribution is 7.89. The fraction of sp³-hybridized carbons (Fsp3) is 1.00. The first-order chi connectivity index (χ1) is 8.74. The Morgan fingerprint density at radius 1 is 1.21 bits per heavy atom. The van der Waals surface area contributed by atoms with Crippen LogP contribution in [0.25, 0.3) is 0 Å². The molecule has 0 bridgehead atoms. The summed E-state index contributed by atoms with van der Waals surface area (Å²) in [7, 11) is -3.30. The second kappa shape index (κ2) is 7.04. The molecule has 1 fully saturated rings. The van der Waals surface area contributed by atoms with Gasteiger partial charge in [-0.15, -0.1) is 0 Å². The molecule has 114 valence electrons. The lowest BCUT2D eigenvalue weighted by Crippen LogP contribution is -2.37. The van der Waals surface area contributed by atoms with Crippen molar-refractivity contribution in [3.05, 3.63) is 0 Å². The summed E-state index contributed by atoms with van der Waals surface area (Å²) in [6, 6.07) is 0.560. The van der Waals surface area contributed by atoms with E-state index >= 15 is 0 Å². The minimum Gasteiger partial charge on any atom is -0.314 e. The maximum Gasteiger partial charge on any atom is 0.209 e. The fourth-order valence-corrected chi connectivity index (χ4v) is 3.49. The molecule has 5 heteroatoms. The standard InChI is InChI=1S/C14H30N2O2S/c1-4-14(2,3)12-6-8-13(9-7-12)16-10-5-11-19(15,17)18/h12-13,16H,4-11H2,1-3H3,(H2,15,17,18). The third-order valence-corrected chi connectivity index (χ3v) is 5.64. The van der Waals surface area contributed by atoms with Crippen LogP contribution >= 0.6 is 0 Å². The summed E-state index contributed by atoms with van der Waals surface area (Å²) in [5.74, 6) is 0.915. The van der Waals surface area contributed by atoms with Crippen molar-refractivity contribution in [1.29, 1.82) is 0 Å². The van der Waals surface area contributed by atoms with Crippen molar-refractivity contribution >= 4 is 10.0 Å². The molecule has 0 spiro atoms. The third kappa shape index (κ3) is 6.23. The van der Waals surface area contributed by atoms with E-state index in [9.17, 15) is 8.42 Å². The van der Waals surface area contributed by atoms with Gasteiger partial charge in [0.05, 0.1) is 5.75 Å². The van der Waals surface area contributed by atoms with E-state index in [0.29, 0.717) is 17.9 Å². The maximum absolute atomic E-state index is 10.8. The van der Waals surface area contributed by atoms with Gasteiger partial charge in [0.2, 0.25) is 10.0 Å². The monoisotopic (exact) mass is 290 g/mol. The molecule has 0 aromatic heterocycles. The van der Waals surface area contributed by atoms with Gasteiger partial charge in [-0.1, -0.05) is 27.2 Å². The molecule has 0 unspecified atom stereocenters. The lowest BCUT2D eigenvalue weighted by atomic mass is 9.69. The molecule has 1 saturated carbocycles. The summed E-state index contributed by atoms with van der Waals surface area (Å²) in [5.41, 5.74) is 0.457. The van der Waals surface area contributed by atoms with Crippen LogP contribution in [0.5, 0.6) is 0 Å². The van der Waals surface area contributed by atoms with E-state index < -0.39 is 10.0 Å². The van der Waals surface area contributed by atoms with Gasteiger partial charge in [0.1, 0.15) is 0 Å². The van der Waals surface area contributed by atoms with Crippen LogP contribution in [0.3, 0.4) is 0 Å². The topological polar surface area (TPSA) is 72.2 Å². The van der Waals surface area contributed by atoms with Crippen LogP contribution in [0.1, 0.15) is 59.3 Å². The predicted octanol–water partition coefficient (Wildman–Crippen LogP) is 2.25. The van der Waals surface area contributed by atoms with Gasteiger partial charge >= 0.3 is 0 Å². The first-order valence-corrected chi connectivity index (χ1v) is 9.20. The zero-order valence-electron chi connectivity index (χ0n) is 12.6. The number of nitrogens with one attached hydrogen (secondary N) is 1. The molecule has 0 aromatic carbocycles. The predicted molar refractivity (Wildman–Crippen MR) is 80.4 cm³/mol. The van der Waals surface area contributed by atoms with Crippen molar-refractivity contribution in [2.24, 2.45) is 16.5 Å². The molecule has 3 N–H and O–H groups in total. The zero-order valence-corrected chi connectivity index (χ0v) is 13.4. The van der Waals surface area contributed by atoms with Crippen LogP contribution in [0.15, 0.2) is 0 Å². The Hall–Kier alpha value is -0.130. The molecule has 0 heterocycles. The van der Waals surface area contributed by atoms with Crippen LogP contribution in [0.2, 0.25) is 0 Å². The molecular weight excluding hydrogens is 260 g/mol. The van der Waals surface area contributed by atoms with Gasteiger partial charge in [0.15, 0.2) is 0 Å². The number of rotatable bonds is 7. The highest BCUT2D eigenvalue weighted by Crippen LogP contribution is 2.40. The number of nitrogens with two attached hydrogens (primary N) is 1. The lowest BCUT2D eigenvalue weighted by Gasteiger charge is -2.39. The van der Waals surface area contributed by atoms with Crippen molar-refractivity contribution in [3.8, 4) is 0 Å². The molecule has 0 atom stereocenters. The highest BCUT2D eigenvalue weighted by atomic mass is 32.2. The smallest absolute Gasteiger partial charge is 0.209 e. The van der Waals surface area contributed by atoms with Crippen LogP contribution in [-0.2, 0) is 10.0 Å². The van der Waals surface area contributed by atoms with Crippen molar-refractivity contribution in [2.75, 3.05) is 12.3 Å². The Kier molecular flexibility index (Phi) is 6.27. The van der Waals surface area contributed by atoms with E-state index in [1.54, 1.807) is 0 Å². The molecule has 4 nitrogen and oxygen atoms in total. The fourth-order valence-electron chi connectivity index (χ4n) is 2.95. The number of hydrogen-bond acceptors (Lipinski definition) is 3. The molecule has 0 radical (unpaired) electrons. The summed E-state index contributed by atoms with van der Waals surface area (Å²) in [6.45, 7) is 7.77. The van der Waals surface area contributed by atoms with Crippen LogP contribution in [0.4, 0.5) is 0 Å². The summed E-state index contributed by atoms with van der Waals surface area (Å²) < 4.78 is 21.6. The largest absolute Gasteiger partial charge is 0.314 e. The van der Waals surface area contributed by atoms with Crippen molar-refractivity contribution < 1.29 is 8.42 Å². The molecular formula is C14H30N2O2S. The van der Waals surface area contributed by atoms with E-state index in [1.807, 2.05) is 0 Å². The summed E-state index contributed by atoms with van der Waals surface area (Å²) >= 11 is 0. The zero-order chi connectivity index (χ0) is 14.5. The maximum atomic E-state index is 10.8. The van der Waals surface area contributed by atoms with E-state index in [1.165, 1.54) is 32.1 Å². The van der Waals surface area contributed by atoms with E-state index in [-0.39, 0.29) is 5.75 Å². The van der Waals surface area contributed by atoms with Gasteiger partial charge in [-0.05, 0) is 50.0 Å².